The number of rotatable bonds is 6. The molecule has 0 heterocycles. The second-order valence-corrected chi connectivity index (χ2v) is 6.05. The van der Waals surface area contributed by atoms with Crippen LogP contribution in [0.15, 0.2) is 0 Å². The number of halogens is 2. The Hall–Kier alpha value is -0.320. The van der Waals surface area contributed by atoms with E-state index in [-0.39, 0.29) is 12.3 Å². The molecule has 0 aromatic carbocycles. The van der Waals surface area contributed by atoms with E-state index in [1.54, 1.807) is 13.8 Å². The van der Waals surface area contributed by atoms with Crippen molar-refractivity contribution in [3.8, 4) is 0 Å². The highest BCUT2D eigenvalue weighted by Gasteiger charge is 2.46. The number of carbonyl (C=O) groups is 1. The Balaban J connectivity index is 4.65. The first kappa shape index (κ1) is 15.7. The first-order valence-corrected chi connectivity index (χ1v) is 6.72. The third kappa shape index (κ3) is 5.14. The van der Waals surface area contributed by atoms with E-state index in [1.807, 2.05) is 0 Å². The highest BCUT2D eigenvalue weighted by atomic mass is 31.2. The van der Waals surface area contributed by atoms with Crippen LogP contribution >= 0.6 is 7.60 Å². The molecule has 1 atom stereocenters. The van der Waals surface area contributed by atoms with Crippen LogP contribution in [0.1, 0.15) is 27.2 Å². The van der Waals surface area contributed by atoms with Crippen LogP contribution in [0.25, 0.3) is 0 Å². The molecule has 0 amide bonds. The summed E-state index contributed by atoms with van der Waals surface area (Å²) in [6, 6.07) is 0. The summed E-state index contributed by atoms with van der Waals surface area (Å²) >= 11 is 0. The summed E-state index contributed by atoms with van der Waals surface area (Å²) in [7, 11) is -4.72. The van der Waals surface area contributed by atoms with Crippen LogP contribution in [0.2, 0.25) is 0 Å². The van der Waals surface area contributed by atoms with Crippen LogP contribution in [0.5, 0.6) is 0 Å². The lowest BCUT2D eigenvalue weighted by Gasteiger charge is -2.23. The van der Waals surface area contributed by atoms with Crippen molar-refractivity contribution in [1.82, 2.24) is 0 Å². The number of ketones is 1. The molecule has 0 aromatic rings. The molecule has 4 nitrogen and oxygen atoms in total. The van der Waals surface area contributed by atoms with Gasteiger partial charge < -0.3 is 9.79 Å². The van der Waals surface area contributed by atoms with Crippen LogP contribution in [-0.4, -0.2) is 27.7 Å². The maximum absolute atomic E-state index is 13.4. The lowest BCUT2D eigenvalue weighted by molar-refractivity contribution is -0.148. The molecule has 2 N–H and O–H groups in total. The van der Waals surface area contributed by atoms with E-state index in [0.717, 1.165) is 0 Å². The minimum absolute atomic E-state index is 0.0104. The summed E-state index contributed by atoms with van der Waals surface area (Å²) < 4.78 is 37.3. The number of hydrogen-bond acceptors (Lipinski definition) is 2. The summed E-state index contributed by atoms with van der Waals surface area (Å²) in [6.07, 6.45) is -1.28. The van der Waals surface area contributed by atoms with Gasteiger partial charge in [0.2, 0.25) is 5.78 Å². The van der Waals surface area contributed by atoms with Gasteiger partial charge in [-0.15, -0.1) is 0 Å². The Bertz CT molecular complexity index is 298. The SMILES string of the molecule is CC(C)C[C@@H](C)C(F)(F)C(=O)CP(=O)(O)O. The zero-order valence-electron chi connectivity index (χ0n) is 9.48. The van der Waals surface area contributed by atoms with Gasteiger partial charge in [0, 0.05) is 5.92 Å². The van der Waals surface area contributed by atoms with Gasteiger partial charge in [-0.05, 0) is 12.3 Å². The lowest BCUT2D eigenvalue weighted by Crippen LogP contribution is -2.38. The summed E-state index contributed by atoms with van der Waals surface area (Å²) in [5, 5.41) is 0. The predicted octanol–water partition coefficient (Wildman–Crippen LogP) is 2.05. The van der Waals surface area contributed by atoms with Crippen molar-refractivity contribution >= 4 is 13.4 Å². The molecule has 96 valence electrons. The molecule has 0 unspecified atom stereocenters. The molecule has 7 heteroatoms. The zero-order valence-corrected chi connectivity index (χ0v) is 10.4. The van der Waals surface area contributed by atoms with Gasteiger partial charge in [0.25, 0.3) is 0 Å². The van der Waals surface area contributed by atoms with Crippen molar-refractivity contribution in [2.45, 2.75) is 33.1 Å². The maximum atomic E-state index is 13.4. The molecule has 0 aliphatic heterocycles. The van der Waals surface area contributed by atoms with Gasteiger partial charge in [-0.2, -0.15) is 8.78 Å². The normalized spacial score (nSPS) is 15.2. The van der Waals surface area contributed by atoms with Crippen molar-refractivity contribution in [1.29, 1.82) is 0 Å². The number of hydrogen-bond donors (Lipinski definition) is 2. The molecule has 0 aliphatic carbocycles. The maximum Gasteiger partial charge on any atom is 0.333 e. The minimum Gasteiger partial charge on any atom is -0.324 e. The Labute approximate surface area is 93.2 Å². The first-order valence-electron chi connectivity index (χ1n) is 4.92. The molecule has 0 aromatic heterocycles. The van der Waals surface area contributed by atoms with Gasteiger partial charge in [-0.3, -0.25) is 9.36 Å². The molecule has 0 rings (SSSR count). The Morgan fingerprint density at radius 3 is 2.06 bits per heavy atom. The van der Waals surface area contributed by atoms with Crippen LogP contribution in [0.3, 0.4) is 0 Å². The van der Waals surface area contributed by atoms with Crippen molar-refractivity contribution in [3.63, 3.8) is 0 Å². The molecule has 0 radical (unpaired) electrons. The fourth-order valence-corrected chi connectivity index (χ4v) is 2.01. The predicted molar refractivity (Wildman–Crippen MR) is 55.5 cm³/mol. The highest BCUT2D eigenvalue weighted by molar-refractivity contribution is 7.52. The van der Waals surface area contributed by atoms with Gasteiger partial charge >= 0.3 is 13.5 Å². The van der Waals surface area contributed by atoms with Crippen molar-refractivity contribution < 1.29 is 27.9 Å². The van der Waals surface area contributed by atoms with Gasteiger partial charge in [-0.25, -0.2) is 0 Å². The average molecular weight is 258 g/mol. The molecule has 0 saturated carbocycles. The fourth-order valence-electron chi connectivity index (χ4n) is 1.42. The molecule has 0 spiro atoms. The Kier molecular flexibility index (Phi) is 5.23. The molecular weight excluding hydrogens is 241 g/mol. The summed E-state index contributed by atoms with van der Waals surface area (Å²) in [5.41, 5.74) is 0. The quantitative estimate of drug-likeness (QED) is 0.715. The fraction of sp³-hybridized carbons (Fsp3) is 0.889. The van der Waals surface area contributed by atoms with Crippen LogP contribution in [0.4, 0.5) is 8.78 Å². The molecule has 0 bridgehead atoms. The summed E-state index contributed by atoms with van der Waals surface area (Å²) in [5.74, 6) is -6.59. The van der Waals surface area contributed by atoms with E-state index < -0.39 is 31.4 Å². The van der Waals surface area contributed by atoms with Crippen LogP contribution in [-0.2, 0) is 9.36 Å². The van der Waals surface area contributed by atoms with E-state index >= 15 is 0 Å². The third-order valence-corrected chi connectivity index (χ3v) is 2.86. The standard InChI is InChI=1S/C9H17F2O4P/c1-6(2)4-7(3)9(10,11)8(12)5-16(13,14)15/h6-7H,4-5H2,1-3H3,(H2,13,14,15)/t7-/m1/s1. The highest BCUT2D eigenvalue weighted by Crippen LogP contribution is 2.39. The summed E-state index contributed by atoms with van der Waals surface area (Å²) in [6.45, 7) is 4.68. The lowest BCUT2D eigenvalue weighted by atomic mass is 9.91. The second-order valence-electron chi connectivity index (χ2n) is 4.40. The molecule has 0 fully saturated rings. The minimum atomic E-state index is -4.72. The largest absolute Gasteiger partial charge is 0.333 e. The van der Waals surface area contributed by atoms with Crippen LogP contribution < -0.4 is 0 Å². The van der Waals surface area contributed by atoms with Crippen molar-refractivity contribution in [2.75, 3.05) is 6.16 Å². The van der Waals surface area contributed by atoms with E-state index in [1.165, 1.54) is 6.92 Å². The summed E-state index contributed by atoms with van der Waals surface area (Å²) in [4.78, 5) is 28.0. The third-order valence-electron chi connectivity index (χ3n) is 2.17. The average Bonchev–Trinajstić information content (AvgIpc) is 1.99. The van der Waals surface area contributed by atoms with Crippen LogP contribution in [0, 0.1) is 11.8 Å². The zero-order chi connectivity index (χ0) is 13.1. The van der Waals surface area contributed by atoms with Crippen molar-refractivity contribution in [2.24, 2.45) is 11.8 Å². The molecule has 0 aliphatic rings. The number of Topliss-reactive ketones (excluding diaryl/α,β-unsaturated/α-hetero) is 1. The van der Waals surface area contributed by atoms with E-state index in [2.05, 4.69) is 0 Å². The second kappa shape index (κ2) is 5.34. The number of alkyl halides is 2. The van der Waals surface area contributed by atoms with Gasteiger partial charge in [0.05, 0.1) is 0 Å². The Morgan fingerprint density at radius 1 is 1.31 bits per heavy atom. The van der Waals surface area contributed by atoms with Gasteiger partial charge in [-0.1, -0.05) is 20.8 Å². The van der Waals surface area contributed by atoms with E-state index in [9.17, 15) is 18.1 Å². The smallest absolute Gasteiger partial charge is 0.324 e. The van der Waals surface area contributed by atoms with E-state index in [4.69, 9.17) is 9.79 Å². The molecular formula is C9H17F2O4P. The monoisotopic (exact) mass is 258 g/mol. The van der Waals surface area contributed by atoms with Gasteiger partial charge in [0.15, 0.2) is 0 Å². The Morgan fingerprint density at radius 2 is 1.75 bits per heavy atom. The van der Waals surface area contributed by atoms with Gasteiger partial charge in [0.1, 0.15) is 6.16 Å². The first-order chi connectivity index (χ1) is 6.97. The number of carbonyl (C=O) groups excluding carboxylic acids is 1. The molecule has 0 saturated heterocycles. The molecule has 16 heavy (non-hydrogen) atoms. The van der Waals surface area contributed by atoms with E-state index in [0.29, 0.717) is 0 Å². The van der Waals surface area contributed by atoms with Crippen molar-refractivity contribution in [3.05, 3.63) is 0 Å². The topological polar surface area (TPSA) is 74.6 Å².